The number of fused-ring (bicyclic) bond motifs is 4. The zero-order chi connectivity index (χ0) is 41.0. The van der Waals surface area contributed by atoms with Crippen molar-refractivity contribution in [2.45, 2.75) is 107 Å². The predicted octanol–water partition coefficient (Wildman–Crippen LogP) is 13.0. The Labute approximate surface area is 369 Å². The molecule has 0 N–H and O–H groups in total. The van der Waals surface area contributed by atoms with Crippen molar-refractivity contribution in [2.75, 3.05) is 9.80 Å². The van der Waals surface area contributed by atoms with Gasteiger partial charge in [0, 0.05) is 39.5 Å². The van der Waals surface area contributed by atoms with Gasteiger partial charge in [0.15, 0.2) is 0 Å². The van der Waals surface area contributed by atoms with E-state index in [1.807, 2.05) is 0 Å². The fourth-order valence-corrected chi connectivity index (χ4v) is 16.9. The van der Waals surface area contributed by atoms with Crippen molar-refractivity contribution < 1.29 is 0 Å². The molecule has 6 aromatic carbocycles. The molecule has 2 aliphatic heterocycles. The monoisotopic (exact) mass is 806 g/mol. The Balaban J connectivity index is 0.961. The summed E-state index contributed by atoms with van der Waals surface area (Å²) in [5.74, 6) is 5.62. The minimum atomic E-state index is -0.196. The van der Waals surface area contributed by atoms with Gasteiger partial charge in [-0.25, -0.2) is 0 Å². The molecule has 0 spiro atoms. The summed E-state index contributed by atoms with van der Waals surface area (Å²) >= 11 is 0. The lowest BCUT2D eigenvalue weighted by Gasteiger charge is -2.57. The maximum Gasteiger partial charge on any atom is 0.247 e. The van der Waals surface area contributed by atoms with Gasteiger partial charge in [-0.3, -0.25) is 0 Å². The highest BCUT2D eigenvalue weighted by atomic mass is 15.2. The normalized spacial score (nSPS) is 31.1. The molecule has 2 nitrogen and oxygen atoms in total. The largest absolute Gasteiger partial charge is 0.311 e. The van der Waals surface area contributed by atoms with Gasteiger partial charge in [0.1, 0.15) is 0 Å². The SMILES string of the molecule is CC1(C)c2ccccc2B2c3ccccc3N(c3ccccc3)c3cc(N(c4ccc(C56CC7CC(CC(C7)C5)C6)cc4)c4ccc(C56CC7CC(CC(C7)C5)C6)cc4)cc1c32. The molecule has 8 aliphatic carbocycles. The van der Waals surface area contributed by atoms with Gasteiger partial charge in [-0.15, -0.1) is 0 Å². The van der Waals surface area contributed by atoms with E-state index in [4.69, 9.17) is 0 Å². The molecule has 3 heteroatoms. The number of benzene rings is 6. The van der Waals surface area contributed by atoms with Crippen LogP contribution in [0.25, 0.3) is 0 Å². The van der Waals surface area contributed by atoms with Gasteiger partial charge in [-0.1, -0.05) is 104 Å². The van der Waals surface area contributed by atoms with Gasteiger partial charge >= 0.3 is 0 Å². The predicted molar refractivity (Wildman–Crippen MR) is 259 cm³/mol. The van der Waals surface area contributed by atoms with E-state index < -0.39 is 0 Å². The van der Waals surface area contributed by atoms with Crippen molar-refractivity contribution in [1.82, 2.24) is 0 Å². The summed E-state index contributed by atoms with van der Waals surface area (Å²) in [7, 11) is 0. The van der Waals surface area contributed by atoms with E-state index in [2.05, 4.69) is 163 Å². The molecular weight excluding hydrogens is 747 g/mol. The quantitative estimate of drug-likeness (QED) is 0.154. The second kappa shape index (κ2) is 13.0. The zero-order valence-electron chi connectivity index (χ0n) is 36.7. The van der Waals surface area contributed by atoms with Crippen molar-refractivity contribution >= 4 is 57.2 Å². The highest BCUT2D eigenvalue weighted by Crippen LogP contribution is 2.62. The maximum atomic E-state index is 2.62. The van der Waals surface area contributed by atoms with E-state index in [1.54, 1.807) is 11.1 Å². The van der Waals surface area contributed by atoms with E-state index in [9.17, 15) is 0 Å². The van der Waals surface area contributed by atoms with Gasteiger partial charge in [0.2, 0.25) is 6.71 Å². The highest BCUT2D eigenvalue weighted by molar-refractivity contribution is 6.99. The van der Waals surface area contributed by atoms with Crippen LogP contribution in [0.1, 0.15) is 113 Å². The van der Waals surface area contributed by atoms with Gasteiger partial charge in [-0.2, -0.15) is 0 Å². The van der Waals surface area contributed by atoms with Gasteiger partial charge < -0.3 is 9.80 Å². The van der Waals surface area contributed by atoms with Crippen LogP contribution in [-0.2, 0) is 16.2 Å². The Kier molecular flexibility index (Phi) is 7.66. The first-order valence-corrected chi connectivity index (χ1v) is 24.5. The topological polar surface area (TPSA) is 6.48 Å². The second-order valence-electron chi connectivity index (χ2n) is 22.6. The molecule has 8 saturated carbocycles. The van der Waals surface area contributed by atoms with Crippen LogP contribution < -0.4 is 26.2 Å². The third kappa shape index (κ3) is 5.23. The number of anilines is 6. The van der Waals surface area contributed by atoms with Crippen molar-refractivity contribution in [1.29, 1.82) is 0 Å². The Morgan fingerprint density at radius 2 is 0.919 bits per heavy atom. The zero-order valence-corrected chi connectivity index (χ0v) is 36.7. The molecule has 6 aromatic rings. The number of nitrogens with zero attached hydrogens (tertiary/aromatic N) is 2. The van der Waals surface area contributed by atoms with E-state index in [1.165, 1.54) is 139 Å². The molecule has 0 unspecified atom stereocenters. The van der Waals surface area contributed by atoms with E-state index >= 15 is 0 Å². The van der Waals surface area contributed by atoms with Crippen LogP contribution in [0.3, 0.4) is 0 Å². The van der Waals surface area contributed by atoms with E-state index in [0.717, 1.165) is 35.5 Å². The number of rotatable bonds is 6. The molecule has 8 fully saturated rings. The van der Waals surface area contributed by atoms with E-state index in [0.29, 0.717) is 10.8 Å². The van der Waals surface area contributed by atoms with Gasteiger partial charge in [0.25, 0.3) is 0 Å². The fourth-order valence-electron chi connectivity index (χ4n) is 16.9. The summed E-state index contributed by atoms with van der Waals surface area (Å²) in [6.45, 7) is 5.11. The van der Waals surface area contributed by atoms with Crippen LogP contribution in [0.2, 0.25) is 0 Å². The number of para-hydroxylation sites is 2. The molecule has 8 bridgehead atoms. The standard InChI is InChI=1S/C59H59BN2/c1-57(2)50-12-6-7-13-52(50)60-53-14-8-9-15-54(53)62(46-10-4-3-5-11-46)55-31-49(30-51(57)56(55)60)61(47-20-16-44(17-21-47)58-32-38-24-39(33-58)26-40(25-38)34-58)48-22-18-45(19-23-48)59-35-41-27-42(36-59)29-43(28-41)37-59/h3-23,30-31,38-43H,24-29,32-37H2,1-2H3. The fraction of sp³-hybridized carbons (Fsp3) is 0.390. The van der Waals surface area contributed by atoms with Crippen LogP contribution >= 0.6 is 0 Å². The Morgan fingerprint density at radius 1 is 0.452 bits per heavy atom. The average molecular weight is 807 g/mol. The molecule has 308 valence electrons. The van der Waals surface area contributed by atoms with Crippen molar-refractivity contribution in [2.24, 2.45) is 35.5 Å². The molecule has 0 aromatic heterocycles. The third-order valence-corrected chi connectivity index (χ3v) is 18.6. The summed E-state index contributed by atoms with van der Waals surface area (Å²) < 4.78 is 0. The highest BCUT2D eigenvalue weighted by Gasteiger charge is 2.53. The molecular formula is C59H59BN2. The Hall–Kier alpha value is -5.02. The third-order valence-electron chi connectivity index (χ3n) is 18.6. The summed E-state index contributed by atoms with van der Waals surface area (Å²) in [5.41, 5.74) is 18.5. The first kappa shape index (κ1) is 36.5. The lowest BCUT2D eigenvalue weighted by Crippen LogP contribution is -2.64. The van der Waals surface area contributed by atoms with Gasteiger partial charge in [0.05, 0.1) is 0 Å². The molecule has 2 heterocycles. The van der Waals surface area contributed by atoms with Crippen molar-refractivity contribution in [3.8, 4) is 0 Å². The molecule has 0 amide bonds. The lowest BCUT2D eigenvalue weighted by atomic mass is 9.30. The minimum absolute atomic E-state index is 0.169. The average Bonchev–Trinajstić information content (AvgIpc) is 3.27. The lowest BCUT2D eigenvalue weighted by molar-refractivity contribution is -0.00529. The smallest absolute Gasteiger partial charge is 0.247 e. The van der Waals surface area contributed by atoms with Crippen LogP contribution in [0, 0.1) is 35.5 Å². The molecule has 0 atom stereocenters. The second-order valence-corrected chi connectivity index (χ2v) is 22.6. The molecule has 16 rings (SSSR count). The summed E-state index contributed by atoms with van der Waals surface area (Å²) in [4.78, 5) is 5.20. The summed E-state index contributed by atoms with van der Waals surface area (Å²) in [6, 6.07) is 55.0. The van der Waals surface area contributed by atoms with Gasteiger partial charge in [-0.05, 0) is 211 Å². The molecule has 0 saturated heterocycles. The number of hydrogen-bond acceptors (Lipinski definition) is 2. The first-order valence-electron chi connectivity index (χ1n) is 24.5. The van der Waals surface area contributed by atoms with Crippen LogP contribution in [-0.4, -0.2) is 6.71 Å². The van der Waals surface area contributed by atoms with Crippen LogP contribution in [0.5, 0.6) is 0 Å². The summed E-state index contributed by atoms with van der Waals surface area (Å²) in [5, 5.41) is 0. The molecule has 10 aliphatic rings. The molecule has 62 heavy (non-hydrogen) atoms. The minimum Gasteiger partial charge on any atom is -0.311 e. The van der Waals surface area contributed by atoms with Crippen LogP contribution in [0.4, 0.5) is 34.1 Å². The Bertz CT molecular complexity index is 2590. The Morgan fingerprint density at radius 3 is 1.45 bits per heavy atom. The number of hydrogen-bond donors (Lipinski definition) is 0. The van der Waals surface area contributed by atoms with E-state index in [-0.39, 0.29) is 12.1 Å². The maximum absolute atomic E-state index is 2.62. The van der Waals surface area contributed by atoms with Crippen molar-refractivity contribution in [3.05, 3.63) is 162 Å². The van der Waals surface area contributed by atoms with Crippen molar-refractivity contribution in [3.63, 3.8) is 0 Å². The summed E-state index contributed by atoms with van der Waals surface area (Å²) in [6.07, 6.45) is 17.3. The van der Waals surface area contributed by atoms with Crippen LogP contribution in [0.15, 0.2) is 140 Å². The molecule has 0 radical (unpaired) electrons. The first-order chi connectivity index (χ1) is 30.3.